The van der Waals surface area contributed by atoms with Crippen LogP contribution in [0.1, 0.15) is 18.4 Å². The Labute approximate surface area is 125 Å². The Kier molecular flexibility index (Phi) is 4.83. The fraction of sp³-hybridized carbons (Fsp3) is 0.625. The predicted molar refractivity (Wildman–Crippen MR) is 79.2 cm³/mol. The molecule has 0 aliphatic carbocycles. The maximum Gasteiger partial charge on any atom is 0.203 e. The zero-order chi connectivity index (χ0) is 14.5. The molecule has 0 bridgehead atoms. The molecule has 0 saturated carbocycles. The lowest BCUT2D eigenvalue weighted by Gasteiger charge is -2.23. The molecule has 1 saturated heterocycles. The number of ether oxygens (including phenoxy) is 4. The molecule has 0 aromatic heterocycles. The van der Waals surface area contributed by atoms with Gasteiger partial charge in [-0.1, -0.05) is 0 Å². The van der Waals surface area contributed by atoms with E-state index in [9.17, 15) is 0 Å². The molecule has 2 aliphatic heterocycles. The van der Waals surface area contributed by atoms with Crippen molar-refractivity contribution in [2.45, 2.75) is 19.4 Å². The molecule has 1 fully saturated rings. The minimum atomic E-state index is 0.572. The molecule has 0 spiro atoms. The highest BCUT2D eigenvalue weighted by molar-refractivity contribution is 5.54. The Morgan fingerprint density at radius 1 is 1.24 bits per heavy atom. The summed E-state index contributed by atoms with van der Waals surface area (Å²) in [4.78, 5) is 0. The van der Waals surface area contributed by atoms with Crippen molar-refractivity contribution in [1.82, 2.24) is 5.32 Å². The zero-order valence-electron chi connectivity index (χ0n) is 12.5. The number of hydrogen-bond donors (Lipinski definition) is 1. The molecular weight excluding hydrogens is 270 g/mol. The third-order valence-corrected chi connectivity index (χ3v) is 3.90. The number of nitrogens with one attached hydrogen (secondary N) is 1. The summed E-state index contributed by atoms with van der Waals surface area (Å²) in [5, 5.41) is 3.50. The Morgan fingerprint density at radius 2 is 2.14 bits per heavy atom. The third kappa shape index (κ3) is 3.60. The Hall–Kier alpha value is -1.46. The molecule has 2 heterocycles. The van der Waals surface area contributed by atoms with Crippen LogP contribution in [-0.2, 0) is 11.3 Å². The second kappa shape index (κ2) is 7.00. The van der Waals surface area contributed by atoms with Gasteiger partial charge in [-0.2, -0.15) is 0 Å². The molecule has 3 rings (SSSR count). The Morgan fingerprint density at radius 3 is 2.95 bits per heavy atom. The van der Waals surface area contributed by atoms with Crippen molar-refractivity contribution in [2.75, 3.05) is 40.1 Å². The van der Waals surface area contributed by atoms with Crippen molar-refractivity contribution in [2.24, 2.45) is 5.92 Å². The van der Waals surface area contributed by atoms with Crippen LogP contribution in [0.15, 0.2) is 12.1 Å². The summed E-state index contributed by atoms with van der Waals surface area (Å²) < 4.78 is 22.2. The molecule has 5 heteroatoms. The van der Waals surface area contributed by atoms with Gasteiger partial charge < -0.3 is 24.3 Å². The van der Waals surface area contributed by atoms with Gasteiger partial charge in [-0.25, -0.2) is 0 Å². The number of methoxy groups -OCH3 is 1. The highest BCUT2D eigenvalue weighted by Gasteiger charge is 2.18. The first-order valence-corrected chi connectivity index (χ1v) is 7.62. The maximum absolute atomic E-state index is 5.65. The number of fused-ring (bicyclic) bond motifs is 1. The quantitative estimate of drug-likeness (QED) is 0.899. The fourth-order valence-corrected chi connectivity index (χ4v) is 2.82. The first-order chi connectivity index (χ1) is 10.4. The largest absolute Gasteiger partial charge is 0.493 e. The van der Waals surface area contributed by atoms with E-state index in [1.165, 1.54) is 12.8 Å². The first kappa shape index (κ1) is 14.5. The van der Waals surface area contributed by atoms with E-state index < -0.39 is 0 Å². The van der Waals surface area contributed by atoms with Crippen molar-refractivity contribution in [3.8, 4) is 17.2 Å². The standard InChI is InChI=1S/C16H23NO4/c1-18-14-7-13(8-15-16(14)21-6-5-20-15)10-17-9-12-3-2-4-19-11-12/h7-8,12,17H,2-6,9-11H2,1H3. The summed E-state index contributed by atoms with van der Waals surface area (Å²) in [6.45, 7) is 4.72. The van der Waals surface area contributed by atoms with Gasteiger partial charge in [-0.15, -0.1) is 0 Å². The summed E-state index contributed by atoms with van der Waals surface area (Å²) in [5.41, 5.74) is 1.15. The van der Waals surface area contributed by atoms with E-state index in [1.54, 1.807) is 7.11 Å². The molecule has 0 amide bonds. The molecule has 1 aromatic rings. The summed E-state index contributed by atoms with van der Waals surface area (Å²) in [5.74, 6) is 2.86. The van der Waals surface area contributed by atoms with Gasteiger partial charge in [0.15, 0.2) is 11.5 Å². The number of hydrogen-bond acceptors (Lipinski definition) is 5. The minimum absolute atomic E-state index is 0.572. The van der Waals surface area contributed by atoms with Gasteiger partial charge in [-0.05, 0) is 36.5 Å². The molecule has 5 nitrogen and oxygen atoms in total. The second-order valence-corrected chi connectivity index (χ2v) is 5.54. The summed E-state index contributed by atoms with van der Waals surface area (Å²) in [7, 11) is 1.66. The smallest absolute Gasteiger partial charge is 0.203 e. The van der Waals surface area contributed by atoms with E-state index >= 15 is 0 Å². The number of rotatable bonds is 5. The van der Waals surface area contributed by atoms with Crippen molar-refractivity contribution in [3.63, 3.8) is 0 Å². The SMILES string of the molecule is COc1cc(CNCC2CCCOC2)cc2c1OCCO2. The predicted octanol–water partition coefficient (Wildman–Crippen LogP) is 1.98. The molecule has 1 N–H and O–H groups in total. The van der Waals surface area contributed by atoms with Crippen LogP contribution in [0.3, 0.4) is 0 Å². The normalized spacial score (nSPS) is 21.1. The average Bonchev–Trinajstić information content (AvgIpc) is 2.55. The monoisotopic (exact) mass is 293 g/mol. The lowest BCUT2D eigenvalue weighted by atomic mass is 10.0. The lowest BCUT2D eigenvalue weighted by molar-refractivity contribution is 0.0547. The Bertz CT molecular complexity index is 454. The molecular formula is C16H23NO4. The van der Waals surface area contributed by atoms with E-state index in [-0.39, 0.29) is 0 Å². The third-order valence-electron chi connectivity index (χ3n) is 3.90. The van der Waals surface area contributed by atoms with E-state index in [1.807, 2.05) is 12.1 Å². The van der Waals surface area contributed by atoms with Gasteiger partial charge in [0.2, 0.25) is 5.75 Å². The average molecular weight is 293 g/mol. The van der Waals surface area contributed by atoms with E-state index in [0.29, 0.717) is 24.9 Å². The van der Waals surface area contributed by atoms with Gasteiger partial charge in [0.25, 0.3) is 0 Å². The fourth-order valence-electron chi connectivity index (χ4n) is 2.82. The van der Waals surface area contributed by atoms with Crippen LogP contribution < -0.4 is 19.5 Å². The summed E-state index contributed by atoms with van der Waals surface area (Å²) >= 11 is 0. The van der Waals surface area contributed by atoms with Crippen molar-refractivity contribution < 1.29 is 18.9 Å². The topological polar surface area (TPSA) is 49.0 Å². The Balaban J connectivity index is 1.59. The van der Waals surface area contributed by atoms with Gasteiger partial charge in [0, 0.05) is 19.7 Å². The van der Waals surface area contributed by atoms with Gasteiger partial charge >= 0.3 is 0 Å². The van der Waals surface area contributed by atoms with Crippen molar-refractivity contribution in [3.05, 3.63) is 17.7 Å². The van der Waals surface area contributed by atoms with Gasteiger partial charge in [0.1, 0.15) is 13.2 Å². The minimum Gasteiger partial charge on any atom is -0.493 e. The number of benzene rings is 1. The van der Waals surface area contributed by atoms with Crippen LogP contribution in [0, 0.1) is 5.92 Å². The molecule has 1 unspecified atom stereocenters. The van der Waals surface area contributed by atoms with E-state index in [2.05, 4.69) is 5.32 Å². The summed E-state index contributed by atoms with van der Waals surface area (Å²) in [6, 6.07) is 4.04. The van der Waals surface area contributed by atoms with Crippen LogP contribution in [0.4, 0.5) is 0 Å². The summed E-state index contributed by atoms with van der Waals surface area (Å²) in [6.07, 6.45) is 2.42. The lowest BCUT2D eigenvalue weighted by Crippen LogP contribution is -2.29. The maximum atomic E-state index is 5.65. The van der Waals surface area contributed by atoms with Crippen LogP contribution >= 0.6 is 0 Å². The molecule has 2 aliphatic rings. The molecule has 1 aromatic carbocycles. The second-order valence-electron chi connectivity index (χ2n) is 5.54. The molecule has 0 radical (unpaired) electrons. The van der Waals surface area contributed by atoms with E-state index in [4.69, 9.17) is 18.9 Å². The van der Waals surface area contributed by atoms with Gasteiger partial charge in [0.05, 0.1) is 13.7 Å². The van der Waals surface area contributed by atoms with Crippen molar-refractivity contribution in [1.29, 1.82) is 0 Å². The van der Waals surface area contributed by atoms with Crippen LogP contribution in [0.2, 0.25) is 0 Å². The van der Waals surface area contributed by atoms with Gasteiger partial charge in [-0.3, -0.25) is 0 Å². The van der Waals surface area contributed by atoms with Crippen LogP contribution in [0.5, 0.6) is 17.2 Å². The highest BCUT2D eigenvalue weighted by Crippen LogP contribution is 2.40. The molecule has 116 valence electrons. The van der Waals surface area contributed by atoms with Crippen LogP contribution in [-0.4, -0.2) is 40.1 Å². The molecule has 21 heavy (non-hydrogen) atoms. The highest BCUT2D eigenvalue weighted by atomic mass is 16.6. The molecule has 1 atom stereocenters. The van der Waals surface area contributed by atoms with E-state index in [0.717, 1.165) is 43.4 Å². The van der Waals surface area contributed by atoms with Crippen LogP contribution in [0.25, 0.3) is 0 Å². The zero-order valence-corrected chi connectivity index (χ0v) is 12.5. The van der Waals surface area contributed by atoms with Crippen molar-refractivity contribution >= 4 is 0 Å². The first-order valence-electron chi connectivity index (χ1n) is 7.62.